The van der Waals surface area contributed by atoms with Crippen LogP contribution in [-0.4, -0.2) is 21.7 Å². The number of nitrogens with zero attached hydrogens (tertiary/aromatic N) is 2. The monoisotopic (exact) mass is 321 g/mol. The van der Waals surface area contributed by atoms with E-state index < -0.39 is 11.7 Å². The van der Waals surface area contributed by atoms with Gasteiger partial charge >= 0.3 is 6.09 Å². The standard InChI is InChI=1S/C15H16ClN3O3/c1-15(2,3)22-14(20)18-10-6-4-5-7-11(10)21-12-8-9-17-13(16)19-12/h4-9H,1-3H3,(H,18,20). The molecule has 0 unspecified atom stereocenters. The molecule has 0 saturated heterocycles. The van der Waals surface area contributed by atoms with Gasteiger partial charge in [0.1, 0.15) is 5.60 Å². The minimum Gasteiger partial charge on any atom is -0.444 e. The maximum atomic E-state index is 11.9. The molecular weight excluding hydrogens is 306 g/mol. The normalized spacial score (nSPS) is 10.9. The van der Waals surface area contributed by atoms with Crippen molar-refractivity contribution in [3.63, 3.8) is 0 Å². The minimum atomic E-state index is -0.583. The third-order valence-electron chi connectivity index (χ3n) is 2.34. The van der Waals surface area contributed by atoms with E-state index in [0.717, 1.165) is 0 Å². The summed E-state index contributed by atoms with van der Waals surface area (Å²) in [5, 5.41) is 2.72. The molecule has 1 heterocycles. The summed E-state index contributed by atoms with van der Waals surface area (Å²) in [5.41, 5.74) is -0.119. The lowest BCUT2D eigenvalue weighted by Gasteiger charge is -2.20. The fourth-order valence-electron chi connectivity index (χ4n) is 1.56. The van der Waals surface area contributed by atoms with Crippen LogP contribution in [0.25, 0.3) is 0 Å². The van der Waals surface area contributed by atoms with Gasteiger partial charge < -0.3 is 9.47 Å². The number of rotatable bonds is 3. The first-order valence-electron chi connectivity index (χ1n) is 6.59. The quantitative estimate of drug-likeness (QED) is 0.855. The number of hydrogen-bond acceptors (Lipinski definition) is 5. The Bertz CT molecular complexity index is 671. The first-order valence-corrected chi connectivity index (χ1v) is 6.97. The van der Waals surface area contributed by atoms with Crippen LogP contribution in [0.1, 0.15) is 20.8 Å². The number of hydrogen-bond donors (Lipinski definition) is 1. The summed E-state index contributed by atoms with van der Waals surface area (Å²) in [4.78, 5) is 19.6. The molecule has 0 radical (unpaired) electrons. The minimum absolute atomic E-state index is 0.0788. The zero-order valence-electron chi connectivity index (χ0n) is 12.5. The van der Waals surface area contributed by atoms with Gasteiger partial charge in [-0.2, -0.15) is 4.98 Å². The lowest BCUT2D eigenvalue weighted by atomic mass is 10.2. The second-order valence-corrected chi connectivity index (χ2v) is 5.73. The lowest BCUT2D eigenvalue weighted by Crippen LogP contribution is -2.27. The Morgan fingerprint density at radius 3 is 2.64 bits per heavy atom. The van der Waals surface area contributed by atoms with Gasteiger partial charge in [0.05, 0.1) is 5.69 Å². The Morgan fingerprint density at radius 2 is 1.95 bits per heavy atom. The highest BCUT2D eigenvalue weighted by Crippen LogP contribution is 2.28. The van der Waals surface area contributed by atoms with Crippen LogP contribution in [0.15, 0.2) is 36.5 Å². The lowest BCUT2D eigenvalue weighted by molar-refractivity contribution is 0.0635. The SMILES string of the molecule is CC(C)(C)OC(=O)Nc1ccccc1Oc1ccnc(Cl)n1. The number of carbonyl (C=O) groups excluding carboxylic acids is 1. The summed E-state index contributed by atoms with van der Waals surface area (Å²) in [7, 11) is 0. The highest BCUT2D eigenvalue weighted by molar-refractivity contribution is 6.28. The summed E-state index contributed by atoms with van der Waals surface area (Å²) >= 11 is 5.72. The van der Waals surface area contributed by atoms with Gasteiger partial charge in [-0.3, -0.25) is 5.32 Å². The van der Waals surface area contributed by atoms with Gasteiger partial charge in [0.25, 0.3) is 0 Å². The van der Waals surface area contributed by atoms with Crippen LogP contribution in [-0.2, 0) is 4.74 Å². The van der Waals surface area contributed by atoms with Gasteiger partial charge in [-0.05, 0) is 44.5 Å². The third-order valence-corrected chi connectivity index (χ3v) is 2.52. The smallest absolute Gasteiger partial charge is 0.412 e. The summed E-state index contributed by atoms with van der Waals surface area (Å²) in [6.07, 6.45) is 0.915. The fourth-order valence-corrected chi connectivity index (χ4v) is 1.70. The second-order valence-electron chi connectivity index (χ2n) is 5.39. The number of ether oxygens (including phenoxy) is 2. The van der Waals surface area contributed by atoms with Crippen molar-refractivity contribution in [3.8, 4) is 11.6 Å². The molecule has 6 nitrogen and oxygen atoms in total. The Kier molecular flexibility index (Phi) is 4.82. The summed E-state index contributed by atoms with van der Waals surface area (Å²) in [6.45, 7) is 5.37. The van der Waals surface area contributed by atoms with Crippen LogP contribution in [0, 0.1) is 0 Å². The predicted molar refractivity (Wildman–Crippen MR) is 83.4 cm³/mol. The maximum absolute atomic E-state index is 11.9. The number of anilines is 1. The zero-order valence-corrected chi connectivity index (χ0v) is 13.2. The van der Waals surface area contributed by atoms with Crippen LogP contribution in [0.2, 0.25) is 5.28 Å². The molecule has 0 spiro atoms. The van der Waals surface area contributed by atoms with Crippen molar-refractivity contribution < 1.29 is 14.3 Å². The molecule has 22 heavy (non-hydrogen) atoms. The van der Waals surface area contributed by atoms with Crippen molar-refractivity contribution in [1.29, 1.82) is 0 Å². The van der Waals surface area contributed by atoms with Crippen LogP contribution in [0.3, 0.4) is 0 Å². The average Bonchev–Trinajstić information content (AvgIpc) is 2.39. The molecule has 1 aromatic carbocycles. The van der Waals surface area contributed by atoms with Crippen molar-refractivity contribution in [1.82, 2.24) is 9.97 Å². The van der Waals surface area contributed by atoms with E-state index in [1.54, 1.807) is 51.1 Å². The number of aromatic nitrogens is 2. The molecule has 1 amide bonds. The molecule has 116 valence electrons. The van der Waals surface area contributed by atoms with Crippen molar-refractivity contribution in [2.24, 2.45) is 0 Å². The van der Waals surface area contributed by atoms with Gasteiger partial charge in [0, 0.05) is 12.3 Å². The second kappa shape index (κ2) is 6.62. The first-order chi connectivity index (χ1) is 10.3. The zero-order chi connectivity index (χ0) is 16.2. The summed E-state index contributed by atoms with van der Waals surface area (Å²) in [6, 6.07) is 8.51. The van der Waals surface area contributed by atoms with Gasteiger partial charge in [0.15, 0.2) is 5.75 Å². The number of amides is 1. The molecule has 0 atom stereocenters. The number of nitrogens with one attached hydrogen (secondary N) is 1. The number of halogens is 1. The van der Waals surface area contributed by atoms with E-state index in [9.17, 15) is 4.79 Å². The van der Waals surface area contributed by atoms with Crippen LogP contribution < -0.4 is 10.1 Å². The van der Waals surface area contributed by atoms with Gasteiger partial charge in [-0.25, -0.2) is 9.78 Å². The number of para-hydroxylation sites is 2. The highest BCUT2D eigenvalue weighted by Gasteiger charge is 2.17. The summed E-state index contributed by atoms with van der Waals surface area (Å²) < 4.78 is 10.8. The molecule has 0 fully saturated rings. The molecule has 2 aromatic rings. The van der Waals surface area contributed by atoms with E-state index in [4.69, 9.17) is 21.1 Å². The van der Waals surface area contributed by atoms with E-state index in [-0.39, 0.29) is 11.2 Å². The molecule has 0 aliphatic rings. The molecule has 1 N–H and O–H groups in total. The largest absolute Gasteiger partial charge is 0.444 e. The Hall–Kier alpha value is -2.34. The van der Waals surface area contributed by atoms with E-state index >= 15 is 0 Å². The first kappa shape index (κ1) is 16.0. The maximum Gasteiger partial charge on any atom is 0.412 e. The number of benzene rings is 1. The van der Waals surface area contributed by atoms with E-state index in [2.05, 4.69) is 15.3 Å². The van der Waals surface area contributed by atoms with Crippen LogP contribution in [0.4, 0.5) is 10.5 Å². The predicted octanol–water partition coefficient (Wildman–Crippen LogP) is 4.27. The van der Waals surface area contributed by atoms with E-state index in [1.165, 1.54) is 6.20 Å². The van der Waals surface area contributed by atoms with Crippen molar-refractivity contribution in [3.05, 3.63) is 41.8 Å². The Balaban J connectivity index is 2.15. The summed E-state index contributed by atoms with van der Waals surface area (Å²) in [5.74, 6) is 0.696. The molecule has 7 heteroatoms. The van der Waals surface area contributed by atoms with Gasteiger partial charge in [0.2, 0.25) is 11.2 Å². The Labute approximate surface area is 133 Å². The van der Waals surface area contributed by atoms with Crippen molar-refractivity contribution in [2.75, 3.05) is 5.32 Å². The van der Waals surface area contributed by atoms with Crippen molar-refractivity contribution in [2.45, 2.75) is 26.4 Å². The molecule has 1 aromatic heterocycles. The fraction of sp³-hybridized carbons (Fsp3) is 0.267. The average molecular weight is 322 g/mol. The molecule has 2 rings (SSSR count). The molecule has 0 saturated carbocycles. The van der Waals surface area contributed by atoms with Gasteiger partial charge in [-0.15, -0.1) is 0 Å². The van der Waals surface area contributed by atoms with Gasteiger partial charge in [-0.1, -0.05) is 12.1 Å². The Morgan fingerprint density at radius 1 is 1.23 bits per heavy atom. The topological polar surface area (TPSA) is 73.3 Å². The number of carbonyl (C=O) groups is 1. The van der Waals surface area contributed by atoms with E-state index in [0.29, 0.717) is 11.4 Å². The van der Waals surface area contributed by atoms with Crippen molar-refractivity contribution >= 4 is 23.4 Å². The van der Waals surface area contributed by atoms with Crippen LogP contribution >= 0.6 is 11.6 Å². The van der Waals surface area contributed by atoms with Crippen LogP contribution in [0.5, 0.6) is 11.6 Å². The molecule has 0 bridgehead atoms. The molecule has 0 aliphatic carbocycles. The molecular formula is C15H16ClN3O3. The van der Waals surface area contributed by atoms with E-state index in [1.807, 2.05) is 0 Å². The third kappa shape index (κ3) is 4.89. The highest BCUT2D eigenvalue weighted by atomic mass is 35.5. The molecule has 0 aliphatic heterocycles.